The van der Waals surface area contributed by atoms with Crippen LogP contribution in [0.25, 0.3) is 11.3 Å². The van der Waals surface area contributed by atoms with Gasteiger partial charge in [-0.3, -0.25) is 4.68 Å². The van der Waals surface area contributed by atoms with Gasteiger partial charge < -0.3 is 5.73 Å². The number of nitrogens with two attached hydrogens (primary N) is 1. The molecule has 0 unspecified atom stereocenters. The van der Waals surface area contributed by atoms with Crippen molar-refractivity contribution in [3.63, 3.8) is 0 Å². The van der Waals surface area contributed by atoms with Crippen LogP contribution in [-0.4, -0.2) is 9.78 Å². The van der Waals surface area contributed by atoms with Crippen molar-refractivity contribution in [2.75, 3.05) is 5.73 Å². The van der Waals surface area contributed by atoms with Gasteiger partial charge in [-0.05, 0) is 12.1 Å². The zero-order chi connectivity index (χ0) is 11.0. The first-order valence-corrected chi connectivity index (χ1v) is 4.33. The third-order valence-electron chi connectivity index (χ3n) is 2.17. The molecule has 1 aromatic carbocycles. The summed E-state index contributed by atoms with van der Waals surface area (Å²) in [4.78, 5) is 0. The molecule has 2 aromatic rings. The largest absolute Gasteiger partial charge is 0.396 e. The summed E-state index contributed by atoms with van der Waals surface area (Å²) in [6.45, 7) is 0. The monoisotopic (exact) mass is 209 g/mol. The molecule has 5 heteroatoms. The Labute approximate surface area is 85.1 Å². The Balaban J connectivity index is 2.69. The van der Waals surface area contributed by atoms with Crippen LogP contribution in [0.1, 0.15) is 0 Å². The summed E-state index contributed by atoms with van der Waals surface area (Å²) in [6.07, 6.45) is 1.40. The van der Waals surface area contributed by atoms with Crippen LogP contribution in [0.4, 0.5) is 14.5 Å². The molecule has 0 fully saturated rings. The molecule has 0 saturated heterocycles. The zero-order valence-electron chi connectivity index (χ0n) is 8.04. The molecule has 78 valence electrons. The van der Waals surface area contributed by atoms with E-state index < -0.39 is 11.6 Å². The number of rotatable bonds is 1. The highest BCUT2D eigenvalue weighted by Crippen LogP contribution is 2.28. The summed E-state index contributed by atoms with van der Waals surface area (Å²) >= 11 is 0. The number of hydrogen-bond donors (Lipinski definition) is 1. The molecule has 0 aliphatic rings. The van der Waals surface area contributed by atoms with Crippen molar-refractivity contribution in [1.29, 1.82) is 0 Å². The molecule has 0 amide bonds. The predicted molar refractivity (Wildman–Crippen MR) is 53.0 cm³/mol. The molecule has 0 bridgehead atoms. The lowest BCUT2D eigenvalue weighted by molar-refractivity contribution is 0.510. The molecule has 0 radical (unpaired) electrons. The molecule has 15 heavy (non-hydrogen) atoms. The van der Waals surface area contributed by atoms with Crippen molar-refractivity contribution in [3.05, 3.63) is 36.0 Å². The minimum absolute atomic E-state index is 0.118. The quantitative estimate of drug-likeness (QED) is 0.780. The van der Waals surface area contributed by atoms with Gasteiger partial charge in [-0.15, -0.1) is 0 Å². The Morgan fingerprint density at radius 3 is 2.67 bits per heavy atom. The van der Waals surface area contributed by atoms with Gasteiger partial charge in [0.1, 0.15) is 0 Å². The summed E-state index contributed by atoms with van der Waals surface area (Å²) in [7, 11) is 1.62. The maximum Gasteiger partial charge on any atom is 0.168 e. The van der Waals surface area contributed by atoms with Crippen LogP contribution in [0.5, 0.6) is 0 Å². The van der Waals surface area contributed by atoms with Gasteiger partial charge >= 0.3 is 0 Å². The maximum absolute atomic E-state index is 13.5. The lowest BCUT2D eigenvalue weighted by Crippen LogP contribution is -1.99. The van der Waals surface area contributed by atoms with Crippen molar-refractivity contribution in [2.24, 2.45) is 7.05 Å². The van der Waals surface area contributed by atoms with Gasteiger partial charge in [0, 0.05) is 12.6 Å². The molecule has 0 aliphatic heterocycles. The fourth-order valence-electron chi connectivity index (χ4n) is 1.47. The van der Waals surface area contributed by atoms with E-state index in [0.717, 1.165) is 6.07 Å². The van der Waals surface area contributed by atoms with E-state index in [0.29, 0.717) is 11.4 Å². The van der Waals surface area contributed by atoms with Gasteiger partial charge in [-0.2, -0.15) is 5.10 Å². The second-order valence-corrected chi connectivity index (χ2v) is 3.17. The molecule has 3 nitrogen and oxygen atoms in total. The molecule has 1 heterocycles. The number of benzene rings is 1. The Morgan fingerprint density at radius 2 is 2.07 bits per heavy atom. The van der Waals surface area contributed by atoms with Crippen molar-refractivity contribution in [2.45, 2.75) is 0 Å². The molecule has 0 spiro atoms. The Hall–Kier alpha value is -1.91. The Kier molecular flexibility index (Phi) is 2.15. The van der Waals surface area contributed by atoms with Crippen molar-refractivity contribution < 1.29 is 8.78 Å². The fraction of sp³-hybridized carbons (Fsp3) is 0.100. The number of aromatic nitrogens is 2. The normalized spacial score (nSPS) is 10.6. The molecule has 2 rings (SSSR count). The van der Waals surface area contributed by atoms with E-state index >= 15 is 0 Å². The van der Waals surface area contributed by atoms with Crippen molar-refractivity contribution >= 4 is 5.69 Å². The Morgan fingerprint density at radius 1 is 1.33 bits per heavy atom. The number of halogens is 2. The molecule has 0 atom stereocenters. The first-order valence-electron chi connectivity index (χ1n) is 4.33. The number of hydrogen-bond acceptors (Lipinski definition) is 2. The zero-order valence-corrected chi connectivity index (χ0v) is 8.04. The number of aryl methyl sites for hydroxylation is 1. The van der Waals surface area contributed by atoms with Gasteiger partial charge in [0.05, 0.1) is 17.6 Å². The lowest BCUT2D eigenvalue weighted by atomic mass is 10.1. The van der Waals surface area contributed by atoms with E-state index in [1.54, 1.807) is 7.05 Å². The van der Waals surface area contributed by atoms with E-state index in [2.05, 4.69) is 5.10 Å². The minimum atomic E-state index is -0.909. The predicted octanol–water partition coefficient (Wildman–Crippen LogP) is 1.95. The average molecular weight is 209 g/mol. The molecular weight excluding hydrogens is 200 g/mol. The van der Waals surface area contributed by atoms with E-state index in [1.165, 1.54) is 23.0 Å². The third kappa shape index (κ3) is 1.45. The summed E-state index contributed by atoms with van der Waals surface area (Å²) in [5.74, 6) is -1.80. The Bertz CT molecular complexity index is 486. The van der Waals surface area contributed by atoms with Crippen molar-refractivity contribution in [1.82, 2.24) is 9.78 Å². The first kappa shape index (κ1) is 9.64. The second kappa shape index (κ2) is 3.34. The topological polar surface area (TPSA) is 43.8 Å². The van der Waals surface area contributed by atoms with Gasteiger partial charge in [-0.25, -0.2) is 8.78 Å². The van der Waals surface area contributed by atoms with E-state index in [9.17, 15) is 8.78 Å². The molecule has 2 N–H and O–H groups in total. The van der Waals surface area contributed by atoms with Crippen LogP contribution in [0.3, 0.4) is 0 Å². The summed E-state index contributed by atoms with van der Waals surface area (Å²) in [5.41, 5.74) is 6.44. The van der Waals surface area contributed by atoms with Crippen LogP contribution in [0.2, 0.25) is 0 Å². The van der Waals surface area contributed by atoms with E-state index in [-0.39, 0.29) is 5.56 Å². The minimum Gasteiger partial charge on any atom is -0.396 e. The average Bonchev–Trinajstić information content (AvgIpc) is 2.52. The van der Waals surface area contributed by atoms with Gasteiger partial charge in [-0.1, -0.05) is 6.07 Å². The van der Waals surface area contributed by atoms with Crippen LogP contribution >= 0.6 is 0 Å². The molecular formula is C10H9F2N3. The molecule has 0 aliphatic carbocycles. The highest BCUT2D eigenvalue weighted by atomic mass is 19.2. The smallest absolute Gasteiger partial charge is 0.168 e. The fourth-order valence-corrected chi connectivity index (χ4v) is 1.47. The van der Waals surface area contributed by atoms with Crippen molar-refractivity contribution in [3.8, 4) is 11.3 Å². The summed E-state index contributed by atoms with van der Waals surface area (Å²) in [6, 6.07) is 3.96. The van der Waals surface area contributed by atoms with Crippen LogP contribution in [-0.2, 0) is 7.05 Å². The third-order valence-corrected chi connectivity index (χ3v) is 2.17. The van der Waals surface area contributed by atoms with Crippen LogP contribution in [0.15, 0.2) is 24.4 Å². The van der Waals surface area contributed by atoms with Crippen LogP contribution < -0.4 is 5.73 Å². The highest BCUT2D eigenvalue weighted by molar-refractivity contribution is 5.72. The van der Waals surface area contributed by atoms with E-state index in [1.807, 2.05) is 0 Å². The van der Waals surface area contributed by atoms with Crippen LogP contribution in [0, 0.1) is 11.6 Å². The van der Waals surface area contributed by atoms with Gasteiger partial charge in [0.25, 0.3) is 0 Å². The SMILES string of the molecule is Cn1ncc(N)c1-c1cccc(F)c1F. The van der Waals surface area contributed by atoms with Gasteiger partial charge in [0.2, 0.25) is 0 Å². The first-order chi connectivity index (χ1) is 7.11. The number of anilines is 1. The highest BCUT2D eigenvalue weighted by Gasteiger charge is 2.15. The molecule has 0 saturated carbocycles. The second-order valence-electron chi connectivity index (χ2n) is 3.17. The lowest BCUT2D eigenvalue weighted by Gasteiger charge is -2.05. The van der Waals surface area contributed by atoms with Gasteiger partial charge in [0.15, 0.2) is 11.6 Å². The number of nitrogen functional groups attached to an aromatic ring is 1. The molecule has 1 aromatic heterocycles. The maximum atomic E-state index is 13.5. The van der Waals surface area contributed by atoms with E-state index in [4.69, 9.17) is 5.73 Å². The standard InChI is InChI=1S/C10H9F2N3/c1-15-10(8(13)5-14-15)6-3-2-4-7(11)9(6)12/h2-5H,13H2,1H3. The summed E-state index contributed by atoms with van der Waals surface area (Å²) in [5, 5.41) is 3.87. The number of nitrogens with zero attached hydrogens (tertiary/aromatic N) is 2. The summed E-state index contributed by atoms with van der Waals surface area (Å²) < 4.78 is 27.9.